The fourth-order valence-corrected chi connectivity index (χ4v) is 2.52. The van der Waals surface area contributed by atoms with Gasteiger partial charge in [-0.25, -0.2) is 0 Å². The number of anilines is 1. The second-order valence-electron chi connectivity index (χ2n) is 5.73. The maximum atomic E-state index is 12.3. The van der Waals surface area contributed by atoms with Gasteiger partial charge in [-0.15, -0.1) is 0 Å². The van der Waals surface area contributed by atoms with Crippen LogP contribution in [-0.2, 0) is 0 Å². The molecule has 0 radical (unpaired) electrons. The number of aryl methyl sites for hydroxylation is 1. The van der Waals surface area contributed by atoms with Gasteiger partial charge in [0.2, 0.25) is 0 Å². The van der Waals surface area contributed by atoms with Gasteiger partial charge in [-0.3, -0.25) is 10.1 Å². The molecular weight excluding hydrogens is 400 g/mol. The van der Waals surface area contributed by atoms with E-state index in [4.69, 9.17) is 17.0 Å². The Morgan fingerprint density at radius 3 is 2.52 bits per heavy atom. The van der Waals surface area contributed by atoms with Gasteiger partial charge < -0.3 is 10.1 Å². The second-order valence-corrected chi connectivity index (χ2v) is 7.00. The lowest BCUT2D eigenvalue weighted by Gasteiger charge is -2.13. The molecule has 0 aliphatic carbocycles. The van der Waals surface area contributed by atoms with E-state index in [2.05, 4.69) is 33.5 Å². The first-order chi connectivity index (χ1) is 11.9. The van der Waals surface area contributed by atoms with Crippen molar-refractivity contribution in [3.8, 4) is 5.75 Å². The van der Waals surface area contributed by atoms with Crippen LogP contribution in [0.2, 0.25) is 0 Å². The van der Waals surface area contributed by atoms with Gasteiger partial charge >= 0.3 is 0 Å². The molecule has 0 aliphatic rings. The number of amides is 1. The van der Waals surface area contributed by atoms with Crippen molar-refractivity contribution in [2.75, 3.05) is 5.32 Å². The lowest BCUT2D eigenvalue weighted by atomic mass is 10.2. The monoisotopic (exact) mass is 420 g/mol. The minimum Gasteiger partial charge on any atom is -0.491 e. The highest BCUT2D eigenvalue weighted by atomic mass is 79.9. The van der Waals surface area contributed by atoms with Crippen molar-refractivity contribution in [2.24, 2.45) is 0 Å². The average Bonchev–Trinajstić information content (AvgIpc) is 2.58. The molecule has 4 nitrogen and oxygen atoms in total. The predicted octanol–water partition coefficient (Wildman–Crippen LogP) is 5.06. The molecule has 25 heavy (non-hydrogen) atoms. The van der Waals surface area contributed by atoms with Crippen LogP contribution in [0.3, 0.4) is 0 Å². The first-order valence-electron chi connectivity index (χ1n) is 8.04. The smallest absolute Gasteiger partial charge is 0.257 e. The summed E-state index contributed by atoms with van der Waals surface area (Å²) in [5, 5.41) is 5.94. The normalized spacial score (nSPS) is 11.5. The van der Waals surface area contributed by atoms with Gasteiger partial charge in [0.15, 0.2) is 5.11 Å². The number of ether oxygens (including phenoxy) is 1. The number of nitrogens with one attached hydrogen (secondary N) is 2. The molecule has 0 fully saturated rings. The van der Waals surface area contributed by atoms with E-state index in [9.17, 15) is 4.79 Å². The maximum Gasteiger partial charge on any atom is 0.257 e. The zero-order valence-electron chi connectivity index (χ0n) is 14.4. The Balaban J connectivity index is 1.94. The van der Waals surface area contributed by atoms with Crippen LogP contribution in [0, 0.1) is 6.92 Å². The standard InChI is InChI=1S/C19H21BrN2O2S/c1-4-13(3)24-16-8-5-14(6-9-16)18(23)22-19(25)21-15-7-10-17(20)12(2)11-15/h5-11,13H,4H2,1-3H3,(H2,21,22,23,25)/t13-/m0/s1. The quantitative estimate of drug-likeness (QED) is 0.663. The molecule has 0 bridgehead atoms. The van der Waals surface area contributed by atoms with Crippen LogP contribution in [0.25, 0.3) is 0 Å². The molecule has 0 aliphatic heterocycles. The first-order valence-corrected chi connectivity index (χ1v) is 9.24. The third-order valence-electron chi connectivity index (χ3n) is 3.67. The summed E-state index contributed by atoms with van der Waals surface area (Å²) in [6, 6.07) is 12.8. The average molecular weight is 421 g/mol. The van der Waals surface area contributed by atoms with E-state index >= 15 is 0 Å². The highest BCUT2D eigenvalue weighted by Gasteiger charge is 2.09. The Labute approximate surface area is 162 Å². The van der Waals surface area contributed by atoms with Gasteiger partial charge in [-0.1, -0.05) is 22.9 Å². The molecule has 2 N–H and O–H groups in total. The third-order valence-corrected chi connectivity index (χ3v) is 4.77. The highest BCUT2D eigenvalue weighted by Crippen LogP contribution is 2.20. The van der Waals surface area contributed by atoms with Crippen LogP contribution in [0.4, 0.5) is 5.69 Å². The molecule has 2 rings (SSSR count). The molecule has 0 spiro atoms. The number of halogens is 1. The molecule has 132 valence electrons. The fraction of sp³-hybridized carbons (Fsp3) is 0.263. The number of hydrogen-bond donors (Lipinski definition) is 2. The summed E-state index contributed by atoms with van der Waals surface area (Å²) in [5.74, 6) is 0.485. The third kappa shape index (κ3) is 5.83. The van der Waals surface area contributed by atoms with Crippen molar-refractivity contribution >= 4 is 44.9 Å². The number of thiocarbonyl (C=S) groups is 1. The van der Waals surface area contributed by atoms with E-state index in [-0.39, 0.29) is 17.1 Å². The SMILES string of the molecule is CC[C@H](C)Oc1ccc(C(=O)NC(=S)Nc2ccc(Br)c(C)c2)cc1. The number of rotatable bonds is 5. The van der Waals surface area contributed by atoms with Crippen LogP contribution in [-0.4, -0.2) is 17.1 Å². The number of benzene rings is 2. The Hall–Kier alpha value is -1.92. The van der Waals surface area contributed by atoms with Crippen molar-refractivity contribution < 1.29 is 9.53 Å². The molecule has 0 heterocycles. The van der Waals surface area contributed by atoms with Gasteiger partial charge in [0, 0.05) is 15.7 Å². The summed E-state index contributed by atoms with van der Waals surface area (Å²) in [5.41, 5.74) is 2.42. The van der Waals surface area contributed by atoms with Crippen molar-refractivity contribution in [3.05, 3.63) is 58.1 Å². The van der Waals surface area contributed by atoms with E-state index in [0.717, 1.165) is 27.9 Å². The largest absolute Gasteiger partial charge is 0.491 e. The fourth-order valence-electron chi connectivity index (χ4n) is 2.06. The maximum absolute atomic E-state index is 12.3. The molecule has 2 aromatic rings. The van der Waals surface area contributed by atoms with Crippen molar-refractivity contribution in [2.45, 2.75) is 33.3 Å². The van der Waals surface area contributed by atoms with Gasteiger partial charge in [0.05, 0.1) is 6.10 Å². The molecule has 0 saturated carbocycles. The van der Waals surface area contributed by atoms with Gasteiger partial charge in [0.1, 0.15) is 5.75 Å². The summed E-state index contributed by atoms with van der Waals surface area (Å²) in [4.78, 5) is 12.3. The highest BCUT2D eigenvalue weighted by molar-refractivity contribution is 9.10. The van der Waals surface area contributed by atoms with E-state index < -0.39 is 0 Å². The molecule has 6 heteroatoms. The second kappa shape index (κ2) is 8.97. The molecule has 1 amide bonds. The summed E-state index contributed by atoms with van der Waals surface area (Å²) in [6.45, 7) is 6.06. The summed E-state index contributed by atoms with van der Waals surface area (Å²) >= 11 is 8.66. The van der Waals surface area contributed by atoms with Crippen LogP contribution < -0.4 is 15.4 Å². The lowest BCUT2D eigenvalue weighted by molar-refractivity contribution is 0.0977. The minimum absolute atomic E-state index is 0.144. The summed E-state index contributed by atoms with van der Waals surface area (Å²) in [7, 11) is 0. The Morgan fingerprint density at radius 1 is 1.24 bits per heavy atom. The number of carbonyl (C=O) groups excluding carboxylic acids is 1. The Kier molecular flexibility index (Phi) is 6.96. The lowest BCUT2D eigenvalue weighted by Crippen LogP contribution is -2.34. The molecule has 2 aromatic carbocycles. The number of hydrogen-bond acceptors (Lipinski definition) is 3. The molecule has 1 atom stereocenters. The minimum atomic E-state index is -0.263. The molecular formula is C19H21BrN2O2S. The topological polar surface area (TPSA) is 50.4 Å². The summed E-state index contributed by atoms with van der Waals surface area (Å²) < 4.78 is 6.73. The zero-order valence-corrected chi connectivity index (χ0v) is 16.8. The van der Waals surface area contributed by atoms with Crippen molar-refractivity contribution in [3.63, 3.8) is 0 Å². The Morgan fingerprint density at radius 2 is 1.92 bits per heavy atom. The van der Waals surface area contributed by atoms with Gasteiger partial charge in [-0.05, 0) is 80.5 Å². The van der Waals surface area contributed by atoms with E-state index in [0.29, 0.717) is 5.56 Å². The zero-order chi connectivity index (χ0) is 18.4. The molecule has 0 aromatic heterocycles. The number of carbonyl (C=O) groups is 1. The van der Waals surface area contributed by atoms with Crippen molar-refractivity contribution in [1.82, 2.24) is 5.32 Å². The summed E-state index contributed by atoms with van der Waals surface area (Å²) in [6.07, 6.45) is 1.07. The van der Waals surface area contributed by atoms with Crippen LogP contribution in [0.1, 0.15) is 36.2 Å². The molecule has 0 saturated heterocycles. The van der Waals surface area contributed by atoms with Gasteiger partial charge in [0.25, 0.3) is 5.91 Å². The van der Waals surface area contributed by atoms with E-state index in [1.165, 1.54) is 0 Å². The van der Waals surface area contributed by atoms with E-state index in [1.54, 1.807) is 24.3 Å². The van der Waals surface area contributed by atoms with E-state index in [1.807, 2.05) is 32.0 Å². The van der Waals surface area contributed by atoms with Crippen LogP contribution in [0.5, 0.6) is 5.75 Å². The first kappa shape index (κ1) is 19.4. The van der Waals surface area contributed by atoms with Gasteiger partial charge in [-0.2, -0.15) is 0 Å². The Bertz CT molecular complexity index is 763. The van der Waals surface area contributed by atoms with Crippen molar-refractivity contribution in [1.29, 1.82) is 0 Å². The van der Waals surface area contributed by atoms with Crippen LogP contribution >= 0.6 is 28.1 Å². The van der Waals surface area contributed by atoms with Crippen LogP contribution in [0.15, 0.2) is 46.9 Å². The predicted molar refractivity (Wildman–Crippen MR) is 109 cm³/mol. The molecule has 0 unspecified atom stereocenters.